The summed E-state index contributed by atoms with van der Waals surface area (Å²) in [6.07, 6.45) is 0.0925. The summed E-state index contributed by atoms with van der Waals surface area (Å²) < 4.78 is 27.0. The lowest BCUT2D eigenvalue weighted by Gasteiger charge is -2.15. The first kappa shape index (κ1) is 17.9. The highest BCUT2D eigenvalue weighted by molar-refractivity contribution is 7.88. The smallest absolute Gasteiger partial charge is 0.215 e. The zero-order chi connectivity index (χ0) is 18.0. The van der Waals surface area contributed by atoms with Crippen LogP contribution >= 0.6 is 0 Å². The number of anilines is 1. The topological polar surface area (TPSA) is 69.6 Å². The molecule has 1 aliphatic rings. The van der Waals surface area contributed by atoms with E-state index in [0.29, 0.717) is 0 Å². The molecule has 1 unspecified atom stereocenters. The van der Waals surface area contributed by atoms with Gasteiger partial charge < -0.3 is 10.0 Å². The van der Waals surface area contributed by atoms with Crippen LogP contribution in [0.1, 0.15) is 28.4 Å². The molecular formula is C19H24N2O3S. The molecule has 0 spiro atoms. The molecule has 2 aromatic carbocycles. The number of aryl methyl sites for hydroxylation is 1. The molecule has 0 saturated carbocycles. The van der Waals surface area contributed by atoms with Crippen molar-refractivity contribution in [2.75, 3.05) is 25.0 Å². The predicted octanol–water partition coefficient (Wildman–Crippen LogP) is 2.14. The van der Waals surface area contributed by atoms with Crippen molar-refractivity contribution in [3.8, 4) is 0 Å². The molecule has 5 nitrogen and oxygen atoms in total. The van der Waals surface area contributed by atoms with E-state index in [-0.39, 0.29) is 12.3 Å². The van der Waals surface area contributed by atoms with Crippen LogP contribution in [0.4, 0.5) is 5.69 Å². The molecule has 1 heterocycles. The third-order valence-corrected chi connectivity index (χ3v) is 5.91. The Kier molecular flexibility index (Phi) is 5.13. The van der Waals surface area contributed by atoms with Crippen molar-refractivity contribution in [3.63, 3.8) is 0 Å². The maximum Gasteiger partial charge on any atom is 0.215 e. The van der Waals surface area contributed by atoms with E-state index in [1.54, 1.807) is 0 Å². The van der Waals surface area contributed by atoms with E-state index in [1.807, 2.05) is 56.4 Å². The average molecular weight is 360 g/mol. The lowest BCUT2D eigenvalue weighted by atomic mass is 10.0. The van der Waals surface area contributed by atoms with Crippen molar-refractivity contribution in [2.45, 2.75) is 25.2 Å². The minimum absolute atomic E-state index is 0.0250. The van der Waals surface area contributed by atoms with Gasteiger partial charge in [0, 0.05) is 25.8 Å². The Morgan fingerprint density at radius 2 is 1.92 bits per heavy atom. The Labute approximate surface area is 149 Å². The fourth-order valence-corrected chi connectivity index (χ4v) is 4.22. The lowest BCUT2D eigenvalue weighted by Crippen LogP contribution is -2.29. The van der Waals surface area contributed by atoms with Gasteiger partial charge in [-0.1, -0.05) is 42.0 Å². The maximum atomic E-state index is 12.2. The Morgan fingerprint density at radius 1 is 1.20 bits per heavy atom. The number of benzene rings is 2. The van der Waals surface area contributed by atoms with Crippen LogP contribution < -0.4 is 9.62 Å². The van der Waals surface area contributed by atoms with Crippen LogP contribution in [0, 0.1) is 6.92 Å². The van der Waals surface area contributed by atoms with Gasteiger partial charge in [-0.05, 0) is 36.1 Å². The number of aliphatic hydroxyl groups excluding tert-OH is 1. The summed E-state index contributed by atoms with van der Waals surface area (Å²) in [5.74, 6) is -0.0883. The number of nitrogens with one attached hydrogen (secondary N) is 1. The Hall–Kier alpha value is -1.89. The molecule has 25 heavy (non-hydrogen) atoms. The third-order valence-electron chi connectivity index (χ3n) is 4.59. The Morgan fingerprint density at radius 3 is 2.64 bits per heavy atom. The fourth-order valence-electron chi connectivity index (χ4n) is 3.07. The summed E-state index contributed by atoms with van der Waals surface area (Å²) in [4.78, 5) is 2.18. The second-order valence-corrected chi connectivity index (χ2v) is 8.48. The molecule has 1 atom stereocenters. The first-order chi connectivity index (χ1) is 11.8. The third kappa shape index (κ3) is 4.39. The van der Waals surface area contributed by atoms with Crippen LogP contribution in [-0.4, -0.2) is 33.7 Å². The summed E-state index contributed by atoms with van der Waals surface area (Å²) in [6, 6.07) is 13.2. The van der Waals surface area contributed by atoms with Crippen molar-refractivity contribution < 1.29 is 13.5 Å². The van der Waals surface area contributed by atoms with Crippen LogP contribution in [-0.2, 0) is 22.2 Å². The summed E-state index contributed by atoms with van der Waals surface area (Å²) in [5.41, 5.74) is 4.93. The van der Waals surface area contributed by atoms with Gasteiger partial charge in [-0.25, -0.2) is 13.1 Å². The highest BCUT2D eigenvalue weighted by Gasteiger charge is 2.19. The normalized spacial score (nSPS) is 15.2. The number of hydrogen-bond donors (Lipinski definition) is 2. The van der Waals surface area contributed by atoms with Gasteiger partial charge in [0.05, 0.1) is 11.9 Å². The van der Waals surface area contributed by atoms with Gasteiger partial charge in [-0.2, -0.15) is 0 Å². The number of likely N-dealkylation sites (N-methyl/N-ethyl adjacent to an activating group) is 1. The van der Waals surface area contributed by atoms with Gasteiger partial charge in [0.15, 0.2) is 0 Å². The van der Waals surface area contributed by atoms with Crippen molar-refractivity contribution in [1.82, 2.24) is 4.72 Å². The standard InChI is InChI=1S/C19H24N2O3S/c1-14-3-5-15(6-4-14)13-25(23,24)20-12-19(22)17-7-8-18-16(11-17)9-10-21(18)2/h3-8,11,19-20,22H,9-10,12-13H2,1-2H3. The molecule has 0 saturated heterocycles. The van der Waals surface area contributed by atoms with Gasteiger partial charge in [0.1, 0.15) is 0 Å². The van der Waals surface area contributed by atoms with E-state index in [0.717, 1.165) is 29.7 Å². The second kappa shape index (κ2) is 7.15. The van der Waals surface area contributed by atoms with E-state index in [1.165, 1.54) is 11.3 Å². The van der Waals surface area contributed by atoms with Gasteiger partial charge in [0.2, 0.25) is 10.0 Å². The number of fused-ring (bicyclic) bond motifs is 1. The first-order valence-corrected chi connectivity index (χ1v) is 10.0. The zero-order valence-corrected chi connectivity index (χ0v) is 15.4. The summed E-state index contributed by atoms with van der Waals surface area (Å²) in [6.45, 7) is 2.90. The minimum atomic E-state index is -3.49. The van der Waals surface area contributed by atoms with Crippen LogP contribution in [0.15, 0.2) is 42.5 Å². The molecule has 0 bridgehead atoms. The molecule has 3 rings (SSSR count). The van der Waals surface area contributed by atoms with Gasteiger partial charge in [-0.15, -0.1) is 0 Å². The van der Waals surface area contributed by atoms with Gasteiger partial charge in [-0.3, -0.25) is 0 Å². The predicted molar refractivity (Wildman–Crippen MR) is 100 cm³/mol. The molecule has 6 heteroatoms. The highest BCUT2D eigenvalue weighted by Crippen LogP contribution is 2.29. The molecule has 1 aliphatic heterocycles. The Bertz CT molecular complexity index is 847. The average Bonchev–Trinajstić information content (AvgIpc) is 2.95. The quantitative estimate of drug-likeness (QED) is 0.828. The lowest BCUT2D eigenvalue weighted by molar-refractivity contribution is 0.182. The summed E-state index contributed by atoms with van der Waals surface area (Å²) in [5, 5.41) is 10.3. The van der Waals surface area contributed by atoms with Crippen LogP contribution in [0.2, 0.25) is 0 Å². The first-order valence-electron chi connectivity index (χ1n) is 8.39. The van der Waals surface area contributed by atoms with Crippen LogP contribution in [0.5, 0.6) is 0 Å². The largest absolute Gasteiger partial charge is 0.387 e. The molecule has 0 fully saturated rings. The molecule has 0 amide bonds. The number of sulfonamides is 1. The number of hydrogen-bond acceptors (Lipinski definition) is 4. The molecule has 0 aromatic heterocycles. The molecule has 0 radical (unpaired) electrons. The zero-order valence-electron chi connectivity index (χ0n) is 14.6. The fraction of sp³-hybridized carbons (Fsp3) is 0.368. The molecule has 2 aromatic rings. The molecule has 0 aliphatic carbocycles. The molecule has 2 N–H and O–H groups in total. The van der Waals surface area contributed by atoms with Crippen LogP contribution in [0.3, 0.4) is 0 Å². The maximum absolute atomic E-state index is 12.2. The number of nitrogens with zero attached hydrogens (tertiary/aromatic N) is 1. The van der Waals surface area contributed by atoms with Gasteiger partial charge >= 0.3 is 0 Å². The van der Waals surface area contributed by atoms with E-state index < -0.39 is 16.1 Å². The minimum Gasteiger partial charge on any atom is -0.387 e. The van der Waals surface area contributed by atoms with E-state index in [4.69, 9.17) is 0 Å². The Balaban J connectivity index is 1.61. The second-order valence-electron chi connectivity index (χ2n) is 6.67. The monoisotopic (exact) mass is 360 g/mol. The van der Waals surface area contributed by atoms with Crippen molar-refractivity contribution in [1.29, 1.82) is 0 Å². The highest BCUT2D eigenvalue weighted by atomic mass is 32.2. The van der Waals surface area contributed by atoms with E-state index >= 15 is 0 Å². The van der Waals surface area contributed by atoms with Crippen molar-refractivity contribution in [2.24, 2.45) is 0 Å². The number of rotatable bonds is 6. The van der Waals surface area contributed by atoms with Crippen LogP contribution in [0.25, 0.3) is 0 Å². The number of aliphatic hydroxyl groups is 1. The van der Waals surface area contributed by atoms with E-state index in [9.17, 15) is 13.5 Å². The van der Waals surface area contributed by atoms with E-state index in [2.05, 4.69) is 9.62 Å². The SMILES string of the molecule is Cc1ccc(CS(=O)(=O)NCC(O)c2ccc3c(c2)CCN3C)cc1. The van der Waals surface area contributed by atoms with Gasteiger partial charge in [0.25, 0.3) is 0 Å². The van der Waals surface area contributed by atoms with Crippen molar-refractivity contribution >= 4 is 15.7 Å². The van der Waals surface area contributed by atoms with Crippen molar-refractivity contribution in [3.05, 3.63) is 64.7 Å². The summed E-state index contributed by atoms with van der Waals surface area (Å²) in [7, 11) is -1.45. The summed E-state index contributed by atoms with van der Waals surface area (Å²) >= 11 is 0. The molecule has 134 valence electrons. The molecular weight excluding hydrogens is 336 g/mol.